The average molecular weight is 247 g/mol. The highest BCUT2D eigenvalue weighted by Gasteiger charge is 2.16. The lowest BCUT2D eigenvalue weighted by Gasteiger charge is -2.14. The number of aryl methyl sites for hydroxylation is 1. The fraction of sp³-hybridized carbons (Fsp3) is 0.385. The number of hydrogen-bond acceptors (Lipinski definition) is 4. The summed E-state index contributed by atoms with van der Waals surface area (Å²) in [5.74, 6) is 1.53. The van der Waals surface area contributed by atoms with Gasteiger partial charge < -0.3 is 9.47 Å². The zero-order valence-electron chi connectivity index (χ0n) is 11.0. The molecule has 5 nitrogen and oxygen atoms in total. The molecule has 0 saturated heterocycles. The van der Waals surface area contributed by atoms with E-state index in [1.807, 2.05) is 36.6 Å². The van der Waals surface area contributed by atoms with E-state index in [0.29, 0.717) is 0 Å². The second-order valence-corrected chi connectivity index (χ2v) is 4.11. The Balaban J connectivity index is 2.55. The lowest BCUT2D eigenvalue weighted by molar-refractivity contribution is 0.110. The van der Waals surface area contributed by atoms with E-state index in [2.05, 4.69) is 10.2 Å². The first kappa shape index (κ1) is 12.6. The first-order valence-electron chi connectivity index (χ1n) is 5.75. The van der Waals surface area contributed by atoms with Crippen LogP contribution < -0.4 is 4.74 Å². The first-order chi connectivity index (χ1) is 8.67. The van der Waals surface area contributed by atoms with Crippen molar-refractivity contribution >= 4 is 0 Å². The summed E-state index contributed by atoms with van der Waals surface area (Å²) in [7, 11) is 3.30. The Labute approximate surface area is 106 Å². The van der Waals surface area contributed by atoms with Gasteiger partial charge in [0.15, 0.2) is 5.82 Å². The van der Waals surface area contributed by atoms with Crippen molar-refractivity contribution in [2.75, 3.05) is 14.2 Å². The summed E-state index contributed by atoms with van der Waals surface area (Å²) < 4.78 is 12.6. The van der Waals surface area contributed by atoms with Crippen molar-refractivity contribution in [2.45, 2.75) is 20.0 Å². The van der Waals surface area contributed by atoms with Crippen LogP contribution in [0.2, 0.25) is 0 Å². The van der Waals surface area contributed by atoms with Crippen molar-refractivity contribution in [1.82, 2.24) is 14.8 Å². The van der Waals surface area contributed by atoms with Crippen LogP contribution in [0.5, 0.6) is 5.75 Å². The molecule has 0 radical (unpaired) electrons. The van der Waals surface area contributed by atoms with Crippen molar-refractivity contribution in [3.05, 3.63) is 35.9 Å². The summed E-state index contributed by atoms with van der Waals surface area (Å²) in [5.41, 5.74) is 2.07. The molecule has 1 heterocycles. The van der Waals surface area contributed by atoms with Crippen LogP contribution in [0.25, 0.3) is 5.69 Å². The van der Waals surface area contributed by atoms with E-state index < -0.39 is 0 Å². The van der Waals surface area contributed by atoms with Crippen molar-refractivity contribution in [1.29, 1.82) is 0 Å². The van der Waals surface area contributed by atoms with Crippen molar-refractivity contribution in [3.8, 4) is 11.4 Å². The molecule has 0 saturated carbocycles. The molecule has 2 aromatic rings. The summed E-state index contributed by atoms with van der Waals surface area (Å²) in [5, 5.41) is 8.05. The maximum Gasteiger partial charge on any atom is 0.166 e. The van der Waals surface area contributed by atoms with Gasteiger partial charge in [-0.1, -0.05) is 6.07 Å². The number of rotatable bonds is 4. The average Bonchev–Trinajstić information content (AvgIpc) is 2.86. The molecule has 0 amide bonds. The van der Waals surface area contributed by atoms with Crippen LogP contribution in [0, 0.1) is 6.92 Å². The molecule has 0 aliphatic rings. The molecule has 0 N–H and O–H groups in total. The van der Waals surface area contributed by atoms with Crippen LogP contribution in [-0.2, 0) is 4.74 Å². The van der Waals surface area contributed by atoms with Gasteiger partial charge in [0.05, 0.1) is 12.8 Å². The van der Waals surface area contributed by atoms with Gasteiger partial charge in [-0.05, 0) is 31.5 Å². The van der Waals surface area contributed by atoms with E-state index in [1.165, 1.54) is 0 Å². The summed E-state index contributed by atoms with van der Waals surface area (Å²) in [6.45, 7) is 3.97. The second kappa shape index (κ2) is 5.18. The third-order valence-electron chi connectivity index (χ3n) is 2.89. The fourth-order valence-corrected chi connectivity index (χ4v) is 1.80. The SMILES string of the molecule is COc1ccc(C)cc1-n1cnnc1[C@@H](C)OC. The van der Waals surface area contributed by atoms with Crippen molar-refractivity contribution < 1.29 is 9.47 Å². The molecule has 1 atom stereocenters. The van der Waals surface area contributed by atoms with Crippen LogP contribution in [-0.4, -0.2) is 29.0 Å². The van der Waals surface area contributed by atoms with Gasteiger partial charge in [-0.3, -0.25) is 4.57 Å². The maximum atomic E-state index is 5.38. The molecular formula is C13H17N3O2. The lowest BCUT2D eigenvalue weighted by atomic mass is 10.2. The second-order valence-electron chi connectivity index (χ2n) is 4.11. The Bertz CT molecular complexity index is 537. The molecule has 0 aliphatic carbocycles. The molecule has 5 heteroatoms. The smallest absolute Gasteiger partial charge is 0.166 e. The molecule has 0 unspecified atom stereocenters. The third kappa shape index (κ3) is 2.22. The molecule has 1 aromatic heterocycles. The van der Waals surface area contributed by atoms with Crippen LogP contribution in [0.3, 0.4) is 0 Å². The molecule has 18 heavy (non-hydrogen) atoms. The van der Waals surface area contributed by atoms with Crippen molar-refractivity contribution in [3.63, 3.8) is 0 Å². The van der Waals surface area contributed by atoms with Gasteiger partial charge in [-0.25, -0.2) is 0 Å². The largest absolute Gasteiger partial charge is 0.495 e. The quantitative estimate of drug-likeness (QED) is 0.831. The summed E-state index contributed by atoms with van der Waals surface area (Å²) in [4.78, 5) is 0. The summed E-state index contributed by atoms with van der Waals surface area (Å²) in [6, 6.07) is 5.98. The third-order valence-corrected chi connectivity index (χ3v) is 2.89. The number of ether oxygens (including phenoxy) is 2. The van der Waals surface area contributed by atoms with E-state index in [1.54, 1.807) is 20.5 Å². The minimum Gasteiger partial charge on any atom is -0.495 e. The topological polar surface area (TPSA) is 49.2 Å². The van der Waals surface area contributed by atoms with Gasteiger partial charge in [0.2, 0.25) is 0 Å². The van der Waals surface area contributed by atoms with Crippen molar-refractivity contribution in [2.24, 2.45) is 0 Å². The van der Waals surface area contributed by atoms with E-state index in [0.717, 1.165) is 22.8 Å². The lowest BCUT2D eigenvalue weighted by Crippen LogP contribution is -2.07. The van der Waals surface area contributed by atoms with Gasteiger partial charge in [0.1, 0.15) is 18.2 Å². The Morgan fingerprint density at radius 3 is 2.72 bits per heavy atom. The van der Waals surface area contributed by atoms with Crippen LogP contribution in [0.15, 0.2) is 24.5 Å². The number of methoxy groups -OCH3 is 2. The Morgan fingerprint density at radius 1 is 1.28 bits per heavy atom. The minimum atomic E-state index is -0.127. The number of hydrogen-bond donors (Lipinski definition) is 0. The maximum absolute atomic E-state index is 5.38. The van der Waals surface area contributed by atoms with E-state index in [-0.39, 0.29) is 6.10 Å². The molecule has 0 bridgehead atoms. The predicted octanol–water partition coefficient (Wildman–Crippen LogP) is 2.29. The first-order valence-corrected chi connectivity index (χ1v) is 5.75. The highest BCUT2D eigenvalue weighted by Crippen LogP contribution is 2.26. The Hall–Kier alpha value is -1.88. The van der Waals surface area contributed by atoms with Crippen LogP contribution in [0.1, 0.15) is 24.4 Å². The van der Waals surface area contributed by atoms with E-state index in [4.69, 9.17) is 9.47 Å². The predicted molar refractivity (Wildman–Crippen MR) is 68.1 cm³/mol. The highest BCUT2D eigenvalue weighted by atomic mass is 16.5. The normalized spacial score (nSPS) is 12.4. The molecule has 96 valence electrons. The highest BCUT2D eigenvalue weighted by molar-refractivity contribution is 5.49. The summed E-state index contributed by atoms with van der Waals surface area (Å²) in [6.07, 6.45) is 1.54. The molecule has 0 spiro atoms. The molecule has 2 rings (SSSR count). The number of benzene rings is 1. The Kier molecular flexibility index (Phi) is 3.62. The monoisotopic (exact) mass is 247 g/mol. The standard InChI is InChI=1S/C13H17N3O2/c1-9-5-6-12(18-4)11(7-9)16-8-14-15-13(16)10(2)17-3/h5-8,10H,1-4H3/t10-/m1/s1. The zero-order valence-corrected chi connectivity index (χ0v) is 11.0. The zero-order chi connectivity index (χ0) is 13.1. The fourth-order valence-electron chi connectivity index (χ4n) is 1.80. The molecule has 1 aromatic carbocycles. The van der Waals surface area contributed by atoms with Crippen LogP contribution >= 0.6 is 0 Å². The van der Waals surface area contributed by atoms with Gasteiger partial charge in [-0.15, -0.1) is 10.2 Å². The van der Waals surface area contributed by atoms with Gasteiger partial charge in [0.25, 0.3) is 0 Å². The van der Waals surface area contributed by atoms with Gasteiger partial charge in [0, 0.05) is 7.11 Å². The molecule has 0 fully saturated rings. The number of nitrogens with zero attached hydrogens (tertiary/aromatic N) is 3. The minimum absolute atomic E-state index is 0.127. The van der Waals surface area contributed by atoms with Gasteiger partial charge in [-0.2, -0.15) is 0 Å². The molecule has 0 aliphatic heterocycles. The van der Waals surface area contributed by atoms with Gasteiger partial charge >= 0.3 is 0 Å². The molecular weight excluding hydrogens is 230 g/mol. The Morgan fingerprint density at radius 2 is 2.06 bits per heavy atom. The van der Waals surface area contributed by atoms with E-state index in [9.17, 15) is 0 Å². The van der Waals surface area contributed by atoms with Crippen LogP contribution in [0.4, 0.5) is 0 Å². The number of aromatic nitrogens is 3. The summed E-state index contributed by atoms with van der Waals surface area (Å²) >= 11 is 0. The van der Waals surface area contributed by atoms with E-state index >= 15 is 0 Å².